The summed E-state index contributed by atoms with van der Waals surface area (Å²) in [5.74, 6) is 2.10. The highest BCUT2D eigenvalue weighted by Crippen LogP contribution is 2.48. The monoisotopic (exact) mass is 331 g/mol. The van der Waals surface area contributed by atoms with Crippen LogP contribution in [0.15, 0.2) is 28.8 Å². The molecule has 2 aromatic rings. The van der Waals surface area contributed by atoms with Gasteiger partial charge in [0.1, 0.15) is 12.4 Å². The van der Waals surface area contributed by atoms with Crippen LogP contribution in [-0.4, -0.2) is 55.5 Å². The number of aromatic nitrogens is 2. The van der Waals surface area contributed by atoms with E-state index in [-0.39, 0.29) is 5.41 Å². The molecule has 0 spiro atoms. The number of hydrogen-bond donors (Lipinski definition) is 0. The Balaban J connectivity index is 1.69. The highest BCUT2D eigenvalue weighted by Gasteiger charge is 2.49. The molecule has 1 heterocycles. The average Bonchev–Trinajstić information content (AvgIpc) is 3.19. The molecule has 0 unspecified atom stereocenters. The average molecular weight is 331 g/mol. The molecule has 1 aliphatic carbocycles. The third kappa shape index (κ3) is 3.94. The molecule has 0 radical (unpaired) electrons. The van der Waals surface area contributed by atoms with Crippen LogP contribution in [0.25, 0.3) is 11.4 Å². The molecular formula is C18H25N3O3. The Hall–Kier alpha value is -1.92. The van der Waals surface area contributed by atoms with Gasteiger partial charge in [0.2, 0.25) is 11.7 Å². The number of rotatable bonds is 9. The van der Waals surface area contributed by atoms with Crippen LogP contribution in [0, 0.1) is 0 Å². The van der Waals surface area contributed by atoms with Gasteiger partial charge >= 0.3 is 0 Å². The van der Waals surface area contributed by atoms with Crippen molar-refractivity contribution >= 4 is 0 Å². The first-order valence-electron chi connectivity index (χ1n) is 8.43. The second-order valence-corrected chi connectivity index (χ2v) is 6.52. The van der Waals surface area contributed by atoms with Gasteiger partial charge in [0.15, 0.2) is 0 Å². The molecular weight excluding hydrogens is 306 g/mol. The number of hydrogen-bond acceptors (Lipinski definition) is 6. The smallest absolute Gasteiger partial charge is 0.235 e. The molecule has 0 bridgehead atoms. The number of nitrogens with zero attached hydrogens (tertiary/aromatic N) is 3. The Morgan fingerprint density at radius 1 is 1.29 bits per heavy atom. The van der Waals surface area contributed by atoms with Crippen molar-refractivity contribution in [1.82, 2.24) is 15.0 Å². The number of likely N-dealkylation sites (N-methyl/N-ethyl adjacent to an activating group) is 1. The summed E-state index contributed by atoms with van der Waals surface area (Å²) in [5, 5.41) is 4.14. The van der Waals surface area contributed by atoms with E-state index in [1.807, 2.05) is 45.3 Å². The molecule has 130 valence electrons. The molecule has 24 heavy (non-hydrogen) atoms. The van der Waals surface area contributed by atoms with E-state index in [9.17, 15) is 0 Å². The molecule has 0 N–H and O–H groups in total. The highest BCUT2D eigenvalue weighted by molar-refractivity contribution is 5.57. The van der Waals surface area contributed by atoms with Crippen molar-refractivity contribution in [2.75, 3.05) is 40.5 Å². The largest absolute Gasteiger partial charge is 0.492 e. The number of ether oxygens (including phenoxy) is 2. The van der Waals surface area contributed by atoms with Crippen molar-refractivity contribution in [3.63, 3.8) is 0 Å². The van der Waals surface area contributed by atoms with Crippen molar-refractivity contribution in [3.8, 4) is 17.1 Å². The number of benzene rings is 1. The lowest BCUT2D eigenvalue weighted by Gasteiger charge is -2.11. The normalized spacial score (nSPS) is 15.7. The molecule has 1 fully saturated rings. The standard InChI is InChI=1S/C18H25N3O3/c1-4-22-13-18(8-9-18)17-19-16(20-24-17)14-6-5-7-15(12-14)23-11-10-21(2)3/h5-7,12H,4,8-11,13H2,1-3H3. The van der Waals surface area contributed by atoms with Gasteiger partial charge in [-0.05, 0) is 46.0 Å². The van der Waals surface area contributed by atoms with Crippen LogP contribution in [0.4, 0.5) is 0 Å². The van der Waals surface area contributed by atoms with Crippen molar-refractivity contribution < 1.29 is 14.0 Å². The van der Waals surface area contributed by atoms with E-state index < -0.39 is 0 Å². The lowest BCUT2D eigenvalue weighted by atomic mass is 10.1. The Morgan fingerprint density at radius 3 is 2.83 bits per heavy atom. The zero-order valence-corrected chi connectivity index (χ0v) is 14.6. The summed E-state index contributed by atoms with van der Waals surface area (Å²) in [7, 11) is 4.05. The van der Waals surface area contributed by atoms with Gasteiger partial charge in [0.05, 0.1) is 12.0 Å². The molecule has 0 amide bonds. The van der Waals surface area contributed by atoms with Gasteiger partial charge in [-0.2, -0.15) is 4.98 Å². The summed E-state index contributed by atoms with van der Waals surface area (Å²) in [6, 6.07) is 7.81. The molecule has 1 aliphatic rings. The minimum atomic E-state index is -0.0684. The maximum atomic E-state index is 5.77. The topological polar surface area (TPSA) is 60.6 Å². The first-order valence-corrected chi connectivity index (χ1v) is 8.43. The molecule has 0 aliphatic heterocycles. The molecule has 0 atom stereocenters. The van der Waals surface area contributed by atoms with Crippen molar-refractivity contribution in [3.05, 3.63) is 30.2 Å². The summed E-state index contributed by atoms with van der Waals surface area (Å²) < 4.78 is 16.8. The van der Waals surface area contributed by atoms with Crippen LogP contribution in [0.3, 0.4) is 0 Å². The molecule has 1 aromatic carbocycles. The van der Waals surface area contributed by atoms with E-state index in [2.05, 4.69) is 15.0 Å². The molecule has 1 aromatic heterocycles. The van der Waals surface area contributed by atoms with E-state index in [1.165, 1.54) is 0 Å². The fourth-order valence-corrected chi connectivity index (χ4v) is 2.50. The summed E-state index contributed by atoms with van der Waals surface area (Å²) in [4.78, 5) is 6.68. The van der Waals surface area contributed by atoms with Crippen LogP contribution in [0.5, 0.6) is 5.75 Å². The van der Waals surface area contributed by atoms with Gasteiger partial charge in [-0.1, -0.05) is 17.3 Å². The zero-order valence-electron chi connectivity index (χ0n) is 14.6. The molecule has 3 rings (SSSR count). The predicted octanol–water partition coefficient (Wildman–Crippen LogP) is 2.75. The van der Waals surface area contributed by atoms with Crippen LogP contribution >= 0.6 is 0 Å². The Bertz CT molecular complexity index is 665. The van der Waals surface area contributed by atoms with Gasteiger partial charge < -0.3 is 18.9 Å². The fraction of sp³-hybridized carbons (Fsp3) is 0.556. The van der Waals surface area contributed by atoms with E-state index in [0.29, 0.717) is 31.5 Å². The SMILES string of the molecule is CCOCC1(c2nc(-c3cccc(OCCN(C)C)c3)no2)CC1. The third-order valence-electron chi connectivity index (χ3n) is 4.22. The van der Waals surface area contributed by atoms with Gasteiger partial charge in [0, 0.05) is 18.7 Å². The van der Waals surface area contributed by atoms with Gasteiger partial charge in [0.25, 0.3) is 0 Å². The molecule has 6 nitrogen and oxygen atoms in total. The Kier molecular flexibility index (Phi) is 5.16. The van der Waals surface area contributed by atoms with E-state index >= 15 is 0 Å². The van der Waals surface area contributed by atoms with E-state index in [4.69, 9.17) is 14.0 Å². The molecule has 0 saturated heterocycles. The molecule has 6 heteroatoms. The minimum absolute atomic E-state index is 0.0684. The second kappa shape index (κ2) is 7.32. The van der Waals surface area contributed by atoms with E-state index in [0.717, 1.165) is 30.7 Å². The third-order valence-corrected chi connectivity index (χ3v) is 4.22. The Labute approximate surface area is 142 Å². The second-order valence-electron chi connectivity index (χ2n) is 6.52. The van der Waals surface area contributed by atoms with Crippen LogP contribution in [0.1, 0.15) is 25.7 Å². The van der Waals surface area contributed by atoms with Crippen molar-refractivity contribution in [2.24, 2.45) is 0 Å². The first kappa shape index (κ1) is 16.9. The Morgan fingerprint density at radius 2 is 2.12 bits per heavy atom. The van der Waals surface area contributed by atoms with Crippen molar-refractivity contribution in [1.29, 1.82) is 0 Å². The maximum absolute atomic E-state index is 5.77. The predicted molar refractivity (Wildman–Crippen MR) is 91.2 cm³/mol. The van der Waals surface area contributed by atoms with Gasteiger partial charge in [-0.25, -0.2) is 0 Å². The van der Waals surface area contributed by atoms with Gasteiger partial charge in [-0.3, -0.25) is 0 Å². The molecule has 1 saturated carbocycles. The highest BCUT2D eigenvalue weighted by atomic mass is 16.5. The van der Waals surface area contributed by atoms with E-state index in [1.54, 1.807) is 0 Å². The van der Waals surface area contributed by atoms with Crippen LogP contribution in [-0.2, 0) is 10.2 Å². The fourth-order valence-electron chi connectivity index (χ4n) is 2.50. The maximum Gasteiger partial charge on any atom is 0.235 e. The lowest BCUT2D eigenvalue weighted by molar-refractivity contribution is 0.114. The summed E-state index contributed by atoms with van der Waals surface area (Å²) in [6.07, 6.45) is 2.09. The van der Waals surface area contributed by atoms with Crippen LogP contribution < -0.4 is 4.74 Å². The summed E-state index contributed by atoms with van der Waals surface area (Å²) in [5.41, 5.74) is 0.834. The summed E-state index contributed by atoms with van der Waals surface area (Å²) >= 11 is 0. The first-order chi connectivity index (χ1) is 11.6. The van der Waals surface area contributed by atoms with Crippen LogP contribution in [0.2, 0.25) is 0 Å². The quantitative estimate of drug-likeness (QED) is 0.704. The van der Waals surface area contributed by atoms with Gasteiger partial charge in [-0.15, -0.1) is 0 Å². The van der Waals surface area contributed by atoms with Crippen molar-refractivity contribution in [2.45, 2.75) is 25.2 Å². The summed E-state index contributed by atoms with van der Waals surface area (Å²) in [6.45, 7) is 4.87. The lowest BCUT2D eigenvalue weighted by Crippen LogP contribution is -2.19. The minimum Gasteiger partial charge on any atom is -0.492 e. The zero-order chi connectivity index (χ0) is 17.0.